The van der Waals surface area contributed by atoms with Crippen molar-refractivity contribution in [3.8, 4) is 0 Å². The maximum Gasteiger partial charge on any atom is 0.0743 e. The molecular weight excluding hydrogens is 222 g/mol. The van der Waals surface area contributed by atoms with E-state index in [2.05, 4.69) is 35.9 Å². The van der Waals surface area contributed by atoms with Crippen LogP contribution in [0.4, 0.5) is 11.4 Å². The van der Waals surface area contributed by atoms with Crippen LogP contribution >= 0.6 is 0 Å². The van der Waals surface area contributed by atoms with Crippen molar-refractivity contribution in [1.82, 2.24) is 4.98 Å². The number of rotatable bonds is 1. The Hall–Kier alpha value is -1.77. The van der Waals surface area contributed by atoms with Crippen LogP contribution in [0.25, 0.3) is 10.9 Å². The fourth-order valence-corrected chi connectivity index (χ4v) is 2.75. The van der Waals surface area contributed by atoms with Crippen LogP contribution in [0.5, 0.6) is 0 Å². The van der Waals surface area contributed by atoms with Crippen molar-refractivity contribution in [1.29, 1.82) is 0 Å². The van der Waals surface area contributed by atoms with Crippen LogP contribution < -0.4 is 10.6 Å². The maximum atomic E-state index is 5.82. The second kappa shape index (κ2) is 4.16. The molecule has 1 aromatic carbocycles. The Bertz CT molecular complexity index is 569. The van der Waals surface area contributed by atoms with Crippen molar-refractivity contribution in [3.63, 3.8) is 0 Å². The Labute approximate surface area is 108 Å². The van der Waals surface area contributed by atoms with E-state index < -0.39 is 0 Å². The number of nitrogen functional groups attached to an aromatic ring is 1. The van der Waals surface area contributed by atoms with Crippen molar-refractivity contribution >= 4 is 22.3 Å². The highest BCUT2D eigenvalue weighted by molar-refractivity contribution is 5.93. The molecule has 2 heterocycles. The van der Waals surface area contributed by atoms with E-state index >= 15 is 0 Å². The van der Waals surface area contributed by atoms with E-state index in [1.807, 2.05) is 18.3 Å². The van der Waals surface area contributed by atoms with Gasteiger partial charge in [0.15, 0.2) is 0 Å². The van der Waals surface area contributed by atoms with Crippen molar-refractivity contribution in [2.45, 2.75) is 13.8 Å². The minimum atomic E-state index is 0.752. The highest BCUT2D eigenvalue weighted by Crippen LogP contribution is 2.32. The molecule has 0 bridgehead atoms. The quantitative estimate of drug-likeness (QED) is 0.781. The molecule has 1 saturated heterocycles. The first-order chi connectivity index (χ1) is 8.65. The van der Waals surface area contributed by atoms with E-state index in [0.717, 1.165) is 36.1 Å². The van der Waals surface area contributed by atoms with Gasteiger partial charge in [-0.15, -0.1) is 0 Å². The smallest absolute Gasteiger partial charge is 0.0743 e. The van der Waals surface area contributed by atoms with E-state index in [0.29, 0.717) is 0 Å². The average molecular weight is 241 g/mol. The standard InChI is InChI=1S/C15H19N3/c1-10-8-18(9-11(10)2)15-5-6-17-14-7-12(16)3-4-13(14)15/h3-7,10-11H,8-9,16H2,1-2H3. The number of nitrogens with zero attached hydrogens (tertiary/aromatic N) is 2. The van der Waals surface area contributed by atoms with Gasteiger partial charge in [0, 0.05) is 36.0 Å². The Morgan fingerprint density at radius 2 is 1.89 bits per heavy atom. The third kappa shape index (κ3) is 1.80. The lowest BCUT2D eigenvalue weighted by Gasteiger charge is -2.20. The third-order valence-electron chi connectivity index (χ3n) is 4.07. The number of nitrogens with two attached hydrogens (primary N) is 1. The number of fused-ring (bicyclic) bond motifs is 1. The predicted molar refractivity (Wildman–Crippen MR) is 76.7 cm³/mol. The van der Waals surface area contributed by atoms with Crippen LogP contribution in [-0.4, -0.2) is 18.1 Å². The van der Waals surface area contributed by atoms with Gasteiger partial charge in [-0.2, -0.15) is 0 Å². The molecule has 2 N–H and O–H groups in total. The van der Waals surface area contributed by atoms with Gasteiger partial charge >= 0.3 is 0 Å². The first-order valence-corrected chi connectivity index (χ1v) is 6.54. The number of hydrogen-bond acceptors (Lipinski definition) is 3. The fourth-order valence-electron chi connectivity index (χ4n) is 2.75. The SMILES string of the molecule is CC1CN(c2ccnc3cc(N)ccc23)CC1C. The number of benzene rings is 1. The molecule has 2 atom stereocenters. The molecule has 0 saturated carbocycles. The molecule has 3 heteroatoms. The molecule has 1 aliphatic heterocycles. The summed E-state index contributed by atoms with van der Waals surface area (Å²) in [7, 11) is 0. The molecule has 1 aliphatic rings. The number of aromatic nitrogens is 1. The normalized spacial score (nSPS) is 23.8. The van der Waals surface area contributed by atoms with E-state index in [9.17, 15) is 0 Å². The molecule has 3 nitrogen and oxygen atoms in total. The summed E-state index contributed by atoms with van der Waals surface area (Å²) >= 11 is 0. The first kappa shape index (κ1) is 11.3. The Morgan fingerprint density at radius 3 is 2.61 bits per heavy atom. The van der Waals surface area contributed by atoms with Crippen LogP contribution in [0.3, 0.4) is 0 Å². The lowest BCUT2D eigenvalue weighted by atomic mass is 10.0. The van der Waals surface area contributed by atoms with Gasteiger partial charge in [0.25, 0.3) is 0 Å². The van der Waals surface area contributed by atoms with E-state index in [1.54, 1.807) is 0 Å². The summed E-state index contributed by atoms with van der Waals surface area (Å²) in [5.41, 5.74) is 8.87. The maximum absolute atomic E-state index is 5.82. The minimum Gasteiger partial charge on any atom is -0.399 e. The summed E-state index contributed by atoms with van der Waals surface area (Å²) in [6.45, 7) is 6.91. The van der Waals surface area contributed by atoms with Crippen LogP contribution in [0.2, 0.25) is 0 Å². The summed E-state index contributed by atoms with van der Waals surface area (Å²) in [6.07, 6.45) is 1.88. The molecule has 3 rings (SSSR count). The Kier molecular flexibility index (Phi) is 2.62. The van der Waals surface area contributed by atoms with Gasteiger partial charge < -0.3 is 10.6 Å². The first-order valence-electron chi connectivity index (χ1n) is 6.54. The van der Waals surface area contributed by atoms with E-state index in [4.69, 9.17) is 5.73 Å². The van der Waals surface area contributed by atoms with Gasteiger partial charge in [0.1, 0.15) is 0 Å². The van der Waals surface area contributed by atoms with Gasteiger partial charge in [0.2, 0.25) is 0 Å². The molecule has 0 spiro atoms. The molecular formula is C15H19N3. The van der Waals surface area contributed by atoms with Crippen molar-refractivity contribution in [2.75, 3.05) is 23.7 Å². The number of anilines is 2. The number of hydrogen-bond donors (Lipinski definition) is 1. The van der Waals surface area contributed by atoms with Gasteiger partial charge in [-0.25, -0.2) is 0 Å². The topological polar surface area (TPSA) is 42.2 Å². The Morgan fingerprint density at radius 1 is 1.17 bits per heavy atom. The van der Waals surface area contributed by atoms with Gasteiger partial charge in [-0.05, 0) is 36.1 Å². The number of pyridine rings is 1. The second-order valence-electron chi connectivity index (χ2n) is 5.47. The van der Waals surface area contributed by atoms with Crippen molar-refractivity contribution in [2.24, 2.45) is 11.8 Å². The van der Waals surface area contributed by atoms with Crippen LogP contribution in [-0.2, 0) is 0 Å². The highest BCUT2D eigenvalue weighted by Gasteiger charge is 2.26. The molecule has 0 aliphatic carbocycles. The summed E-state index contributed by atoms with van der Waals surface area (Å²) in [5, 5.41) is 1.20. The fraction of sp³-hybridized carbons (Fsp3) is 0.400. The van der Waals surface area contributed by atoms with Crippen LogP contribution in [0, 0.1) is 11.8 Å². The molecule has 0 radical (unpaired) electrons. The van der Waals surface area contributed by atoms with Gasteiger partial charge in [-0.3, -0.25) is 4.98 Å². The third-order valence-corrected chi connectivity index (χ3v) is 4.07. The molecule has 0 amide bonds. The second-order valence-corrected chi connectivity index (χ2v) is 5.47. The lowest BCUT2D eigenvalue weighted by Crippen LogP contribution is -2.19. The van der Waals surface area contributed by atoms with E-state index in [-0.39, 0.29) is 0 Å². The van der Waals surface area contributed by atoms with Crippen LogP contribution in [0.1, 0.15) is 13.8 Å². The van der Waals surface area contributed by atoms with Crippen molar-refractivity contribution in [3.05, 3.63) is 30.5 Å². The zero-order valence-corrected chi connectivity index (χ0v) is 10.9. The highest BCUT2D eigenvalue weighted by atomic mass is 15.2. The summed E-state index contributed by atoms with van der Waals surface area (Å²) < 4.78 is 0. The lowest BCUT2D eigenvalue weighted by molar-refractivity contribution is 0.494. The van der Waals surface area contributed by atoms with Crippen LogP contribution in [0.15, 0.2) is 30.5 Å². The van der Waals surface area contributed by atoms with Gasteiger partial charge in [-0.1, -0.05) is 13.8 Å². The summed E-state index contributed by atoms with van der Waals surface area (Å²) in [5.74, 6) is 1.50. The summed E-state index contributed by atoms with van der Waals surface area (Å²) in [6, 6.07) is 8.10. The predicted octanol–water partition coefficient (Wildman–Crippen LogP) is 2.91. The molecule has 18 heavy (non-hydrogen) atoms. The average Bonchev–Trinajstić information content (AvgIpc) is 2.68. The summed E-state index contributed by atoms with van der Waals surface area (Å²) in [4.78, 5) is 6.87. The zero-order valence-electron chi connectivity index (χ0n) is 10.9. The monoisotopic (exact) mass is 241 g/mol. The van der Waals surface area contributed by atoms with E-state index in [1.165, 1.54) is 11.1 Å². The van der Waals surface area contributed by atoms with Gasteiger partial charge in [0.05, 0.1) is 5.52 Å². The van der Waals surface area contributed by atoms with Crippen molar-refractivity contribution < 1.29 is 0 Å². The molecule has 2 unspecified atom stereocenters. The minimum absolute atomic E-state index is 0.752. The molecule has 1 fully saturated rings. The molecule has 2 aromatic rings. The molecule has 94 valence electrons. The largest absolute Gasteiger partial charge is 0.399 e. The molecule has 1 aromatic heterocycles. The Balaban J connectivity index is 2.07. The zero-order chi connectivity index (χ0) is 12.7.